The van der Waals surface area contributed by atoms with Crippen LogP contribution in [-0.2, 0) is 0 Å². The highest BCUT2D eigenvalue weighted by atomic mass is 32.1. The number of hydrogen-bond donors (Lipinski definition) is 1. The third kappa shape index (κ3) is 2.87. The summed E-state index contributed by atoms with van der Waals surface area (Å²) in [5.41, 5.74) is 5.06. The Bertz CT molecular complexity index is 1340. The molecule has 0 unspecified atom stereocenters. The second kappa shape index (κ2) is 6.46. The summed E-state index contributed by atoms with van der Waals surface area (Å²) in [7, 11) is 0. The first-order valence-electron chi connectivity index (χ1n) is 8.50. The van der Waals surface area contributed by atoms with Gasteiger partial charge in [0.15, 0.2) is 11.5 Å². The molecule has 0 aliphatic carbocycles. The summed E-state index contributed by atoms with van der Waals surface area (Å²) in [6, 6.07) is 16.6. The second-order valence-electron chi connectivity index (χ2n) is 6.24. The minimum Gasteiger partial charge on any atom is -0.322 e. The molecule has 5 aromatic rings. The average molecular weight is 387 g/mol. The van der Waals surface area contributed by atoms with Gasteiger partial charge in [-0.3, -0.25) is 4.79 Å². The number of carbonyl (C=O) groups is 1. The Kier molecular flexibility index (Phi) is 3.80. The van der Waals surface area contributed by atoms with E-state index in [1.54, 1.807) is 22.7 Å². The lowest BCUT2D eigenvalue weighted by molar-refractivity contribution is 0.102. The van der Waals surface area contributed by atoms with E-state index in [1.165, 1.54) is 0 Å². The molecule has 1 amide bonds. The lowest BCUT2D eigenvalue weighted by atomic mass is 10.1. The van der Waals surface area contributed by atoms with E-state index in [9.17, 15) is 4.79 Å². The molecule has 0 bridgehead atoms. The van der Waals surface area contributed by atoms with E-state index in [0.29, 0.717) is 28.2 Å². The van der Waals surface area contributed by atoms with Gasteiger partial charge in [0.05, 0.1) is 17.4 Å². The normalized spacial score (nSPS) is 11.2. The lowest BCUT2D eigenvalue weighted by Gasteiger charge is -2.08. The van der Waals surface area contributed by atoms with Crippen LogP contribution in [0.3, 0.4) is 0 Å². The minimum atomic E-state index is -0.204. The summed E-state index contributed by atoms with van der Waals surface area (Å²) in [6.07, 6.45) is 0. The van der Waals surface area contributed by atoms with E-state index < -0.39 is 0 Å². The quantitative estimate of drug-likeness (QED) is 0.510. The average Bonchev–Trinajstić information content (AvgIpc) is 3.34. The first-order chi connectivity index (χ1) is 13.7. The summed E-state index contributed by atoms with van der Waals surface area (Å²) in [5.74, 6) is 0.512. The van der Waals surface area contributed by atoms with Crippen molar-refractivity contribution in [3.8, 4) is 11.3 Å². The highest BCUT2D eigenvalue weighted by molar-refractivity contribution is 7.00. The van der Waals surface area contributed by atoms with Crippen molar-refractivity contribution in [2.45, 2.75) is 6.92 Å². The smallest absolute Gasteiger partial charge is 0.255 e. The Morgan fingerprint density at radius 1 is 1.00 bits per heavy atom. The molecule has 136 valence electrons. The number of fused-ring (bicyclic) bond motifs is 2. The van der Waals surface area contributed by atoms with Crippen LogP contribution in [0.15, 0.2) is 54.6 Å². The molecule has 3 heterocycles. The van der Waals surface area contributed by atoms with Crippen molar-refractivity contribution in [2.75, 3.05) is 5.32 Å². The predicted molar refractivity (Wildman–Crippen MR) is 106 cm³/mol. The van der Waals surface area contributed by atoms with E-state index >= 15 is 0 Å². The van der Waals surface area contributed by atoms with Crippen molar-refractivity contribution in [1.82, 2.24) is 28.6 Å². The van der Waals surface area contributed by atoms with Crippen molar-refractivity contribution in [2.24, 2.45) is 0 Å². The van der Waals surface area contributed by atoms with Crippen LogP contribution in [0, 0.1) is 6.92 Å². The van der Waals surface area contributed by atoms with Crippen LogP contribution in [0.25, 0.3) is 27.9 Å². The SMILES string of the molecule is Cc1nnc2ccc(-c3cccc(NC(=O)c4ccc5nsnc5c4)c3)nn12. The Morgan fingerprint density at radius 3 is 2.82 bits per heavy atom. The van der Waals surface area contributed by atoms with Gasteiger partial charge in [0.25, 0.3) is 5.91 Å². The van der Waals surface area contributed by atoms with Gasteiger partial charge in [-0.2, -0.15) is 18.4 Å². The number of carbonyl (C=O) groups excluding carboxylic acids is 1. The monoisotopic (exact) mass is 387 g/mol. The summed E-state index contributed by atoms with van der Waals surface area (Å²) < 4.78 is 10.0. The van der Waals surface area contributed by atoms with Gasteiger partial charge in [-0.15, -0.1) is 10.2 Å². The summed E-state index contributed by atoms with van der Waals surface area (Å²) >= 11 is 1.13. The Labute approximate surface area is 163 Å². The number of nitrogens with one attached hydrogen (secondary N) is 1. The topological polar surface area (TPSA) is 98.0 Å². The molecule has 0 aliphatic rings. The van der Waals surface area contributed by atoms with E-state index in [4.69, 9.17) is 0 Å². The number of nitrogens with zero attached hydrogens (tertiary/aromatic N) is 6. The fourth-order valence-electron chi connectivity index (χ4n) is 2.93. The van der Waals surface area contributed by atoms with Gasteiger partial charge in [-0.1, -0.05) is 12.1 Å². The van der Waals surface area contributed by atoms with Gasteiger partial charge in [-0.25, -0.2) is 0 Å². The molecule has 0 spiro atoms. The van der Waals surface area contributed by atoms with Gasteiger partial charge in [0, 0.05) is 16.8 Å². The number of benzene rings is 2. The van der Waals surface area contributed by atoms with Crippen molar-refractivity contribution < 1.29 is 4.79 Å². The molecule has 5 rings (SSSR count). The summed E-state index contributed by atoms with van der Waals surface area (Å²) in [4.78, 5) is 12.6. The molecule has 9 heteroatoms. The second-order valence-corrected chi connectivity index (χ2v) is 6.77. The van der Waals surface area contributed by atoms with Crippen LogP contribution in [0.1, 0.15) is 16.2 Å². The van der Waals surface area contributed by atoms with E-state index in [2.05, 4.69) is 29.4 Å². The van der Waals surface area contributed by atoms with Crippen LogP contribution in [0.5, 0.6) is 0 Å². The highest BCUT2D eigenvalue weighted by Crippen LogP contribution is 2.22. The number of aryl methyl sites for hydroxylation is 1. The summed E-state index contributed by atoms with van der Waals surface area (Å²) in [5, 5.41) is 15.6. The Balaban J connectivity index is 1.44. The van der Waals surface area contributed by atoms with E-state index in [1.807, 2.05) is 43.3 Å². The molecule has 2 aromatic carbocycles. The molecule has 3 aromatic heterocycles. The molecule has 8 nitrogen and oxygen atoms in total. The maximum Gasteiger partial charge on any atom is 0.255 e. The molecule has 1 N–H and O–H groups in total. The van der Waals surface area contributed by atoms with Crippen molar-refractivity contribution in [1.29, 1.82) is 0 Å². The molecule has 0 radical (unpaired) electrons. The Hall–Kier alpha value is -3.72. The third-order valence-electron chi connectivity index (χ3n) is 4.35. The summed E-state index contributed by atoms with van der Waals surface area (Å²) in [6.45, 7) is 1.85. The first-order valence-corrected chi connectivity index (χ1v) is 9.23. The van der Waals surface area contributed by atoms with E-state index in [0.717, 1.165) is 28.5 Å². The lowest BCUT2D eigenvalue weighted by Crippen LogP contribution is -2.11. The molecular formula is C19H13N7OS. The third-order valence-corrected chi connectivity index (χ3v) is 4.91. The van der Waals surface area contributed by atoms with Gasteiger partial charge in [0.1, 0.15) is 11.0 Å². The Morgan fingerprint density at radius 2 is 1.89 bits per heavy atom. The fraction of sp³-hybridized carbons (Fsp3) is 0.0526. The zero-order chi connectivity index (χ0) is 19.1. The zero-order valence-corrected chi connectivity index (χ0v) is 15.5. The molecule has 0 saturated carbocycles. The van der Waals surface area contributed by atoms with Crippen LogP contribution >= 0.6 is 11.7 Å². The first kappa shape index (κ1) is 16.5. The molecule has 0 aliphatic heterocycles. The number of aromatic nitrogens is 6. The molecule has 28 heavy (non-hydrogen) atoms. The number of rotatable bonds is 3. The maximum atomic E-state index is 12.6. The van der Waals surface area contributed by atoms with E-state index in [-0.39, 0.29) is 5.91 Å². The highest BCUT2D eigenvalue weighted by Gasteiger charge is 2.10. The minimum absolute atomic E-state index is 0.204. The number of hydrogen-bond acceptors (Lipinski definition) is 7. The van der Waals surface area contributed by atoms with Crippen molar-refractivity contribution in [3.05, 3.63) is 66.0 Å². The van der Waals surface area contributed by atoms with Crippen LogP contribution in [0.4, 0.5) is 5.69 Å². The van der Waals surface area contributed by atoms with Crippen molar-refractivity contribution >= 4 is 40.0 Å². The van der Waals surface area contributed by atoms with Crippen LogP contribution in [0.2, 0.25) is 0 Å². The largest absolute Gasteiger partial charge is 0.322 e. The van der Waals surface area contributed by atoms with Crippen LogP contribution in [-0.4, -0.2) is 34.5 Å². The van der Waals surface area contributed by atoms with Gasteiger partial charge in [0.2, 0.25) is 0 Å². The van der Waals surface area contributed by atoms with Gasteiger partial charge in [-0.05, 0) is 49.4 Å². The fourth-order valence-corrected chi connectivity index (χ4v) is 3.45. The van der Waals surface area contributed by atoms with Crippen molar-refractivity contribution in [3.63, 3.8) is 0 Å². The maximum absolute atomic E-state index is 12.6. The number of anilines is 1. The zero-order valence-electron chi connectivity index (χ0n) is 14.7. The predicted octanol–water partition coefficient (Wildman–Crippen LogP) is 3.36. The standard InChI is InChI=1S/C19H13N7OS/c1-11-21-22-18-8-7-15(23-26(11)18)12-3-2-4-14(9-12)20-19(27)13-5-6-16-17(10-13)25-28-24-16/h2-10H,1H3,(H,20,27). The number of amides is 1. The molecule has 0 fully saturated rings. The molecular weight excluding hydrogens is 374 g/mol. The molecule has 0 saturated heterocycles. The van der Waals surface area contributed by atoms with Crippen LogP contribution < -0.4 is 5.32 Å². The van der Waals surface area contributed by atoms with Gasteiger partial charge < -0.3 is 5.32 Å². The van der Waals surface area contributed by atoms with Gasteiger partial charge >= 0.3 is 0 Å². The molecule has 0 atom stereocenters.